The minimum absolute atomic E-state index is 0.131. The summed E-state index contributed by atoms with van der Waals surface area (Å²) < 4.78 is 23.1. The zero-order valence-corrected chi connectivity index (χ0v) is 12.7. The molecule has 1 aromatic carbocycles. The minimum atomic E-state index is -0.326. The first kappa shape index (κ1) is 15.6. The molecular weight excluding hydrogens is 293 g/mol. The number of carbonyl (C=O) groups excluding carboxylic acids is 1. The second kappa shape index (κ2) is 7.26. The Balaban J connectivity index is 1.93. The fraction of sp³-hybridized carbons (Fsp3) is 0.333. The molecule has 1 unspecified atom stereocenters. The monoisotopic (exact) mass is 309 g/mol. The lowest BCUT2D eigenvalue weighted by Crippen LogP contribution is -2.08. The summed E-state index contributed by atoms with van der Waals surface area (Å²) in [5.41, 5.74) is 1.37. The predicted octanol–water partition coefficient (Wildman–Crippen LogP) is 3.67. The maximum Gasteiger partial charge on any atom is 0.306 e. The van der Waals surface area contributed by atoms with E-state index in [0.29, 0.717) is 23.6 Å². The van der Waals surface area contributed by atoms with Gasteiger partial charge in [0.25, 0.3) is 0 Å². The van der Waals surface area contributed by atoms with E-state index >= 15 is 0 Å². The van der Waals surface area contributed by atoms with Gasteiger partial charge >= 0.3 is 5.97 Å². The van der Waals surface area contributed by atoms with Crippen LogP contribution in [-0.2, 0) is 15.3 Å². The number of ether oxygens (including phenoxy) is 1. The van der Waals surface area contributed by atoms with Crippen LogP contribution in [0.25, 0.3) is 11.5 Å². The highest BCUT2D eigenvalue weighted by Gasteiger charge is 2.12. The first-order valence-electron chi connectivity index (χ1n) is 6.47. The number of hydrogen-bond donors (Lipinski definition) is 0. The van der Waals surface area contributed by atoms with Gasteiger partial charge in [-0.3, -0.25) is 4.79 Å². The molecule has 0 aliphatic carbocycles. The molecule has 0 bridgehead atoms. The van der Waals surface area contributed by atoms with E-state index in [2.05, 4.69) is 9.72 Å². The molecular formula is C15H16FNO3S. The summed E-state index contributed by atoms with van der Waals surface area (Å²) in [6.07, 6.45) is 1.91. The standard InChI is InChI=1S/C15H16FNO3S/c1-10(6-14(18)19-2)21-9-13-8-20-15(17-13)11-4-3-5-12(16)7-11/h3-5,7-8,10H,6,9H2,1-2H3. The number of hydrogen-bond acceptors (Lipinski definition) is 5. The van der Waals surface area contributed by atoms with Gasteiger partial charge in [-0.05, 0) is 18.2 Å². The van der Waals surface area contributed by atoms with E-state index in [1.165, 1.54) is 19.2 Å². The van der Waals surface area contributed by atoms with Gasteiger partial charge in [-0.25, -0.2) is 9.37 Å². The smallest absolute Gasteiger partial charge is 0.306 e. The summed E-state index contributed by atoms with van der Waals surface area (Å²) in [6, 6.07) is 6.10. The highest BCUT2D eigenvalue weighted by molar-refractivity contribution is 7.99. The highest BCUT2D eigenvalue weighted by atomic mass is 32.2. The maximum atomic E-state index is 13.2. The first-order valence-corrected chi connectivity index (χ1v) is 7.52. The molecule has 1 heterocycles. The molecule has 0 aliphatic heterocycles. The third-order valence-electron chi connectivity index (χ3n) is 2.82. The summed E-state index contributed by atoms with van der Waals surface area (Å²) in [4.78, 5) is 15.5. The molecule has 0 spiro atoms. The van der Waals surface area contributed by atoms with E-state index in [9.17, 15) is 9.18 Å². The Morgan fingerprint density at radius 3 is 3.05 bits per heavy atom. The van der Waals surface area contributed by atoms with Crippen molar-refractivity contribution in [2.24, 2.45) is 0 Å². The molecule has 1 aromatic heterocycles. The highest BCUT2D eigenvalue weighted by Crippen LogP contribution is 2.24. The van der Waals surface area contributed by atoms with Crippen molar-refractivity contribution < 1.29 is 18.3 Å². The number of esters is 1. The average Bonchev–Trinajstić information content (AvgIpc) is 2.94. The van der Waals surface area contributed by atoms with Crippen LogP contribution < -0.4 is 0 Å². The molecule has 6 heteroatoms. The Labute approximate surface area is 126 Å². The van der Waals surface area contributed by atoms with Gasteiger partial charge in [-0.15, -0.1) is 0 Å². The zero-order valence-electron chi connectivity index (χ0n) is 11.8. The van der Waals surface area contributed by atoms with E-state index in [1.54, 1.807) is 30.2 Å². The second-order valence-corrected chi connectivity index (χ2v) is 5.98. The van der Waals surface area contributed by atoms with Gasteiger partial charge in [0.15, 0.2) is 0 Å². The SMILES string of the molecule is COC(=O)CC(C)SCc1coc(-c2cccc(F)c2)n1. The molecule has 0 aliphatic rings. The third-order valence-corrected chi connectivity index (χ3v) is 4.02. The van der Waals surface area contributed by atoms with Gasteiger partial charge < -0.3 is 9.15 Å². The van der Waals surface area contributed by atoms with Crippen molar-refractivity contribution in [2.75, 3.05) is 7.11 Å². The normalized spacial score (nSPS) is 12.1. The molecule has 2 aromatic rings. The Bertz CT molecular complexity index is 614. The molecule has 1 atom stereocenters. The van der Waals surface area contributed by atoms with Crippen LogP contribution in [0.4, 0.5) is 4.39 Å². The Hall–Kier alpha value is -1.82. The van der Waals surface area contributed by atoms with Crippen molar-refractivity contribution in [1.29, 1.82) is 0 Å². The first-order chi connectivity index (χ1) is 10.1. The number of carbonyl (C=O) groups is 1. The van der Waals surface area contributed by atoms with Crippen LogP contribution in [0.1, 0.15) is 19.0 Å². The van der Waals surface area contributed by atoms with Crippen molar-refractivity contribution in [3.05, 3.63) is 42.0 Å². The molecule has 0 saturated carbocycles. The number of aromatic nitrogens is 1. The van der Waals surface area contributed by atoms with Crippen LogP contribution in [0.5, 0.6) is 0 Å². The van der Waals surface area contributed by atoms with E-state index in [1.807, 2.05) is 6.92 Å². The van der Waals surface area contributed by atoms with Crippen molar-refractivity contribution in [1.82, 2.24) is 4.98 Å². The number of methoxy groups -OCH3 is 1. The molecule has 112 valence electrons. The maximum absolute atomic E-state index is 13.2. The number of benzene rings is 1. The van der Waals surface area contributed by atoms with Gasteiger partial charge in [0.2, 0.25) is 5.89 Å². The van der Waals surface area contributed by atoms with Crippen molar-refractivity contribution in [3.63, 3.8) is 0 Å². The number of rotatable bonds is 6. The zero-order chi connectivity index (χ0) is 15.2. The van der Waals surface area contributed by atoms with Crippen LogP contribution in [0, 0.1) is 5.82 Å². The van der Waals surface area contributed by atoms with Crippen LogP contribution >= 0.6 is 11.8 Å². The summed E-state index contributed by atoms with van der Waals surface area (Å²) in [7, 11) is 1.38. The number of thioether (sulfide) groups is 1. The fourth-order valence-electron chi connectivity index (χ4n) is 1.73. The molecule has 0 N–H and O–H groups in total. The van der Waals surface area contributed by atoms with E-state index in [-0.39, 0.29) is 17.0 Å². The molecule has 4 nitrogen and oxygen atoms in total. The topological polar surface area (TPSA) is 52.3 Å². The largest absolute Gasteiger partial charge is 0.469 e. The molecule has 0 saturated heterocycles. The molecule has 21 heavy (non-hydrogen) atoms. The molecule has 0 radical (unpaired) electrons. The quantitative estimate of drug-likeness (QED) is 0.762. The Morgan fingerprint density at radius 1 is 1.52 bits per heavy atom. The van der Waals surface area contributed by atoms with Crippen LogP contribution in [0.15, 0.2) is 34.9 Å². The van der Waals surface area contributed by atoms with E-state index in [0.717, 1.165) is 5.69 Å². The van der Waals surface area contributed by atoms with Gasteiger partial charge in [-0.2, -0.15) is 11.8 Å². The summed E-state index contributed by atoms with van der Waals surface area (Å²) in [5, 5.41) is 0.131. The number of nitrogens with zero attached hydrogens (tertiary/aromatic N) is 1. The van der Waals surface area contributed by atoms with Gasteiger partial charge in [0.05, 0.1) is 19.2 Å². The lowest BCUT2D eigenvalue weighted by atomic mass is 10.2. The number of halogens is 1. The van der Waals surface area contributed by atoms with Gasteiger partial charge in [-0.1, -0.05) is 13.0 Å². The van der Waals surface area contributed by atoms with E-state index in [4.69, 9.17) is 4.42 Å². The third kappa shape index (κ3) is 4.60. The second-order valence-electron chi connectivity index (χ2n) is 4.56. The summed E-state index contributed by atoms with van der Waals surface area (Å²) in [5.74, 6) is 0.464. The van der Waals surface area contributed by atoms with Crippen molar-refractivity contribution in [3.8, 4) is 11.5 Å². The van der Waals surface area contributed by atoms with Crippen molar-refractivity contribution in [2.45, 2.75) is 24.3 Å². The van der Waals surface area contributed by atoms with Crippen LogP contribution in [-0.4, -0.2) is 23.3 Å². The Kier molecular flexibility index (Phi) is 5.38. The number of oxazole rings is 1. The van der Waals surface area contributed by atoms with E-state index < -0.39 is 0 Å². The van der Waals surface area contributed by atoms with Crippen molar-refractivity contribution >= 4 is 17.7 Å². The minimum Gasteiger partial charge on any atom is -0.469 e. The van der Waals surface area contributed by atoms with Crippen LogP contribution in [0.2, 0.25) is 0 Å². The summed E-state index contributed by atoms with van der Waals surface area (Å²) >= 11 is 1.59. The van der Waals surface area contributed by atoms with Gasteiger partial charge in [0, 0.05) is 16.6 Å². The lowest BCUT2D eigenvalue weighted by molar-refractivity contribution is -0.140. The molecule has 0 fully saturated rings. The fourth-order valence-corrected chi connectivity index (χ4v) is 2.57. The van der Waals surface area contributed by atoms with Crippen LogP contribution in [0.3, 0.4) is 0 Å². The lowest BCUT2D eigenvalue weighted by Gasteiger charge is -2.07. The predicted molar refractivity (Wildman–Crippen MR) is 79.3 cm³/mol. The average molecular weight is 309 g/mol. The Morgan fingerprint density at radius 2 is 2.33 bits per heavy atom. The molecule has 2 rings (SSSR count). The summed E-state index contributed by atoms with van der Waals surface area (Å²) in [6.45, 7) is 1.95. The molecule has 0 amide bonds. The van der Waals surface area contributed by atoms with Gasteiger partial charge in [0.1, 0.15) is 12.1 Å².